The average Bonchev–Trinajstić information content (AvgIpc) is 2.39. The number of carboxylic acids is 2. The van der Waals surface area contributed by atoms with Crippen molar-refractivity contribution >= 4 is 17.6 Å². The maximum atomic E-state index is 11.6. The van der Waals surface area contributed by atoms with E-state index in [0.29, 0.717) is 11.3 Å². The first-order valence-corrected chi connectivity index (χ1v) is 6.08. The molecule has 0 heterocycles. The zero-order valence-electron chi connectivity index (χ0n) is 10.9. The second kappa shape index (κ2) is 4.85. The van der Waals surface area contributed by atoms with E-state index in [1.165, 1.54) is 25.2 Å². The van der Waals surface area contributed by atoms with Crippen molar-refractivity contribution in [2.75, 3.05) is 5.73 Å². The molecule has 0 saturated carbocycles. The van der Waals surface area contributed by atoms with E-state index < -0.39 is 23.3 Å². The number of benzene rings is 1. The van der Waals surface area contributed by atoms with Crippen LogP contribution in [0.1, 0.15) is 18.4 Å². The average molecular weight is 273 g/mol. The Morgan fingerprint density at radius 1 is 1.20 bits per heavy atom. The minimum atomic E-state index is -1.31. The van der Waals surface area contributed by atoms with Crippen molar-refractivity contribution in [3.05, 3.63) is 53.6 Å². The summed E-state index contributed by atoms with van der Waals surface area (Å²) in [6.45, 7) is 1.52. The van der Waals surface area contributed by atoms with E-state index in [9.17, 15) is 19.8 Å². The van der Waals surface area contributed by atoms with Gasteiger partial charge in [0.15, 0.2) is 0 Å². The lowest BCUT2D eigenvalue weighted by molar-refractivity contribution is -0.146. The molecule has 0 bridgehead atoms. The van der Waals surface area contributed by atoms with E-state index in [1.54, 1.807) is 24.3 Å². The number of nitrogens with two attached hydrogens (primary N) is 1. The summed E-state index contributed by atoms with van der Waals surface area (Å²) in [7, 11) is 0. The number of rotatable bonds is 3. The Bertz CT molecular complexity index is 615. The lowest BCUT2D eigenvalue weighted by atomic mass is 9.67. The van der Waals surface area contributed by atoms with Gasteiger partial charge < -0.3 is 15.9 Å². The molecule has 1 aliphatic carbocycles. The van der Waals surface area contributed by atoms with Crippen LogP contribution in [0.3, 0.4) is 0 Å². The van der Waals surface area contributed by atoms with E-state index in [0.717, 1.165) is 0 Å². The maximum Gasteiger partial charge on any atom is 0.332 e. The zero-order chi connectivity index (χ0) is 14.9. The summed E-state index contributed by atoms with van der Waals surface area (Å²) in [6, 6.07) is 6.60. The Labute approximate surface area is 116 Å². The third kappa shape index (κ3) is 2.18. The fourth-order valence-electron chi connectivity index (χ4n) is 2.47. The standard InChI is InChI=1S/C15H15NO4/c1-15(14(19)20)8-2-3-11(13(17)18)12(15)9-4-6-10(16)7-5-9/h2-8,12H,16H2,1H3,(H,17,18)(H,19,20). The fourth-order valence-corrected chi connectivity index (χ4v) is 2.47. The molecule has 0 amide bonds. The topological polar surface area (TPSA) is 101 Å². The van der Waals surface area contributed by atoms with Gasteiger partial charge in [-0.2, -0.15) is 0 Å². The minimum Gasteiger partial charge on any atom is -0.481 e. The third-order valence-corrected chi connectivity index (χ3v) is 3.61. The monoisotopic (exact) mass is 273 g/mol. The largest absolute Gasteiger partial charge is 0.481 e. The molecular weight excluding hydrogens is 258 g/mol. The van der Waals surface area contributed by atoms with Crippen LogP contribution in [0.5, 0.6) is 0 Å². The first-order chi connectivity index (χ1) is 9.36. The van der Waals surface area contributed by atoms with Crippen molar-refractivity contribution in [3.8, 4) is 0 Å². The number of carboxylic acid groups (broad SMARTS) is 2. The Kier molecular flexibility index (Phi) is 3.36. The van der Waals surface area contributed by atoms with Crippen LogP contribution in [0.15, 0.2) is 48.1 Å². The summed E-state index contributed by atoms with van der Waals surface area (Å²) in [5.41, 5.74) is 5.52. The lowest BCUT2D eigenvalue weighted by Crippen LogP contribution is -2.36. The van der Waals surface area contributed by atoms with Crippen molar-refractivity contribution in [2.45, 2.75) is 12.8 Å². The molecule has 0 fully saturated rings. The molecule has 1 aromatic rings. The summed E-state index contributed by atoms with van der Waals surface area (Å²) in [5, 5.41) is 18.8. The Hall–Kier alpha value is -2.56. The van der Waals surface area contributed by atoms with Gasteiger partial charge in [0.05, 0.1) is 5.41 Å². The normalized spacial score (nSPS) is 25.1. The van der Waals surface area contributed by atoms with Gasteiger partial charge >= 0.3 is 11.9 Å². The summed E-state index contributed by atoms with van der Waals surface area (Å²) in [4.78, 5) is 23.0. The van der Waals surface area contributed by atoms with Crippen LogP contribution in [0.4, 0.5) is 5.69 Å². The third-order valence-electron chi connectivity index (χ3n) is 3.61. The molecule has 0 radical (unpaired) electrons. The van der Waals surface area contributed by atoms with E-state index >= 15 is 0 Å². The second-order valence-corrected chi connectivity index (χ2v) is 4.97. The number of hydrogen-bond donors (Lipinski definition) is 3. The number of allylic oxidation sites excluding steroid dienone is 2. The Morgan fingerprint density at radius 3 is 2.30 bits per heavy atom. The highest BCUT2D eigenvalue weighted by molar-refractivity contribution is 5.93. The molecular formula is C15H15NO4. The van der Waals surface area contributed by atoms with Gasteiger partial charge in [-0.15, -0.1) is 0 Å². The summed E-state index contributed by atoms with van der Waals surface area (Å²) in [5.74, 6) is -2.95. The van der Waals surface area contributed by atoms with Crippen molar-refractivity contribution in [3.63, 3.8) is 0 Å². The highest BCUT2D eigenvalue weighted by Crippen LogP contribution is 2.45. The van der Waals surface area contributed by atoms with Gasteiger partial charge in [-0.25, -0.2) is 4.79 Å². The van der Waals surface area contributed by atoms with Gasteiger partial charge in [0.2, 0.25) is 0 Å². The quantitative estimate of drug-likeness (QED) is 0.731. The van der Waals surface area contributed by atoms with Crippen molar-refractivity contribution in [1.82, 2.24) is 0 Å². The first-order valence-electron chi connectivity index (χ1n) is 6.08. The molecule has 20 heavy (non-hydrogen) atoms. The molecule has 2 rings (SSSR count). The Morgan fingerprint density at radius 2 is 1.80 bits per heavy atom. The minimum absolute atomic E-state index is 0.0576. The maximum absolute atomic E-state index is 11.6. The predicted octanol–water partition coefficient (Wildman–Crippen LogP) is 2.02. The van der Waals surface area contributed by atoms with Crippen LogP contribution in [0, 0.1) is 5.41 Å². The molecule has 104 valence electrons. The summed E-state index contributed by atoms with van der Waals surface area (Å²) >= 11 is 0. The highest BCUT2D eigenvalue weighted by atomic mass is 16.4. The number of hydrogen-bond acceptors (Lipinski definition) is 3. The predicted molar refractivity (Wildman–Crippen MR) is 74.2 cm³/mol. The van der Waals surface area contributed by atoms with Gasteiger partial charge in [0.25, 0.3) is 0 Å². The van der Waals surface area contributed by atoms with Gasteiger partial charge in [0.1, 0.15) is 0 Å². The number of anilines is 1. The molecule has 0 spiro atoms. The second-order valence-electron chi connectivity index (χ2n) is 4.97. The van der Waals surface area contributed by atoms with Crippen LogP contribution in [0.25, 0.3) is 0 Å². The SMILES string of the molecule is CC1(C(=O)O)C=CC=C(C(=O)O)C1c1ccc(N)cc1. The number of carbonyl (C=O) groups is 2. The van der Waals surface area contributed by atoms with Gasteiger partial charge in [-0.05, 0) is 24.6 Å². The van der Waals surface area contributed by atoms with Crippen molar-refractivity contribution in [1.29, 1.82) is 0 Å². The van der Waals surface area contributed by atoms with Crippen molar-refractivity contribution < 1.29 is 19.8 Å². The van der Waals surface area contributed by atoms with Gasteiger partial charge in [0, 0.05) is 17.2 Å². The van der Waals surface area contributed by atoms with Gasteiger partial charge in [-0.3, -0.25) is 4.79 Å². The fraction of sp³-hybridized carbons (Fsp3) is 0.200. The molecule has 0 aromatic heterocycles. The van der Waals surface area contributed by atoms with Crippen LogP contribution in [-0.2, 0) is 9.59 Å². The van der Waals surface area contributed by atoms with Crippen LogP contribution < -0.4 is 5.73 Å². The molecule has 1 aliphatic rings. The van der Waals surface area contributed by atoms with E-state index in [1.807, 2.05) is 0 Å². The van der Waals surface area contributed by atoms with E-state index in [4.69, 9.17) is 5.73 Å². The van der Waals surface area contributed by atoms with Gasteiger partial charge in [-0.1, -0.05) is 30.4 Å². The molecule has 5 nitrogen and oxygen atoms in total. The van der Waals surface area contributed by atoms with Crippen molar-refractivity contribution in [2.24, 2.45) is 5.41 Å². The Balaban J connectivity index is 2.60. The lowest BCUT2D eigenvalue weighted by Gasteiger charge is -2.34. The summed E-state index contributed by atoms with van der Waals surface area (Å²) in [6.07, 6.45) is 4.43. The molecule has 0 aliphatic heterocycles. The molecule has 5 heteroatoms. The molecule has 0 saturated heterocycles. The first kappa shape index (κ1) is 13.9. The number of aliphatic carboxylic acids is 2. The molecule has 2 atom stereocenters. The molecule has 1 aromatic carbocycles. The van der Waals surface area contributed by atoms with Crippen LogP contribution in [0.2, 0.25) is 0 Å². The van der Waals surface area contributed by atoms with Crippen LogP contribution >= 0.6 is 0 Å². The van der Waals surface area contributed by atoms with Crippen LogP contribution in [-0.4, -0.2) is 22.2 Å². The number of nitrogen functional groups attached to an aromatic ring is 1. The zero-order valence-corrected chi connectivity index (χ0v) is 10.9. The smallest absolute Gasteiger partial charge is 0.332 e. The highest BCUT2D eigenvalue weighted by Gasteiger charge is 2.45. The summed E-state index contributed by atoms with van der Waals surface area (Å²) < 4.78 is 0. The van der Waals surface area contributed by atoms with E-state index in [-0.39, 0.29) is 5.57 Å². The van der Waals surface area contributed by atoms with E-state index in [2.05, 4.69) is 0 Å². The molecule has 4 N–H and O–H groups in total. The molecule has 2 unspecified atom stereocenters.